The van der Waals surface area contributed by atoms with E-state index in [2.05, 4.69) is 15.6 Å². The van der Waals surface area contributed by atoms with Gasteiger partial charge in [0.25, 0.3) is 0 Å². The molecule has 1 fully saturated rings. The molecule has 0 saturated carbocycles. The first-order valence-electron chi connectivity index (χ1n) is 11.3. The summed E-state index contributed by atoms with van der Waals surface area (Å²) in [6.45, 7) is 0.310. The summed E-state index contributed by atoms with van der Waals surface area (Å²) >= 11 is 0. The van der Waals surface area contributed by atoms with Crippen LogP contribution in [0.1, 0.15) is 44.9 Å². The van der Waals surface area contributed by atoms with Crippen molar-refractivity contribution in [2.75, 3.05) is 13.1 Å². The number of nitrogens with one attached hydrogen (secondary N) is 2. The molecule has 36 heavy (non-hydrogen) atoms. The van der Waals surface area contributed by atoms with Crippen molar-refractivity contribution in [3.63, 3.8) is 0 Å². The number of amides is 5. The number of hydrogen-bond acceptors (Lipinski definition) is 8. The number of carbonyl (C=O) groups excluding carboxylic acids is 5. The third-order valence-corrected chi connectivity index (χ3v) is 5.46. The summed E-state index contributed by atoms with van der Waals surface area (Å²) in [5.74, 6) is -5.21. The van der Waals surface area contributed by atoms with Gasteiger partial charge in [-0.1, -0.05) is 0 Å². The van der Waals surface area contributed by atoms with Crippen LogP contribution in [0, 0.1) is 0 Å². The number of carboxylic acid groups (broad SMARTS) is 1. The van der Waals surface area contributed by atoms with Crippen LogP contribution in [-0.2, 0) is 28.8 Å². The highest BCUT2D eigenvalue weighted by molar-refractivity contribution is 5.96. The second-order valence-corrected chi connectivity index (χ2v) is 8.38. The monoisotopic (exact) mass is 513 g/mol. The summed E-state index contributed by atoms with van der Waals surface area (Å²) < 4.78 is 0. The van der Waals surface area contributed by atoms with E-state index < -0.39 is 66.1 Å². The molecule has 1 heterocycles. The molecule has 202 valence electrons. The number of carbonyl (C=O) groups is 6. The fourth-order valence-electron chi connectivity index (χ4n) is 3.64. The molecule has 4 atom stereocenters. The van der Waals surface area contributed by atoms with Crippen LogP contribution in [0.3, 0.4) is 0 Å². The lowest BCUT2D eigenvalue weighted by Gasteiger charge is -2.29. The van der Waals surface area contributed by atoms with Gasteiger partial charge in [-0.05, 0) is 32.1 Å². The Kier molecular flexibility index (Phi) is 12.1. The van der Waals surface area contributed by atoms with Crippen molar-refractivity contribution in [1.82, 2.24) is 15.5 Å². The molecule has 1 saturated heterocycles. The van der Waals surface area contributed by atoms with Gasteiger partial charge in [0.2, 0.25) is 29.5 Å². The molecule has 0 aliphatic carbocycles. The fraction of sp³-hybridized carbons (Fsp3) is 0.650. The number of aliphatic carboxylic acids is 1. The minimum Gasteiger partial charge on any atom is -0.480 e. The Morgan fingerprint density at radius 3 is 2.19 bits per heavy atom. The molecule has 5 amide bonds. The number of hydrogen-bond donors (Lipinski definition) is 8. The third kappa shape index (κ3) is 10.1. The van der Waals surface area contributed by atoms with Crippen molar-refractivity contribution in [3.8, 4) is 0 Å². The third-order valence-electron chi connectivity index (χ3n) is 5.46. The van der Waals surface area contributed by atoms with Crippen LogP contribution in [0.5, 0.6) is 0 Å². The van der Waals surface area contributed by atoms with Crippen LogP contribution in [0.4, 0.5) is 0 Å². The largest absolute Gasteiger partial charge is 0.480 e. The highest BCUT2D eigenvalue weighted by atomic mass is 16.4. The van der Waals surface area contributed by atoms with Gasteiger partial charge in [-0.2, -0.15) is 0 Å². The molecule has 16 heteroatoms. The number of rotatable bonds is 15. The Hall–Kier alpha value is -3.95. The summed E-state index contributed by atoms with van der Waals surface area (Å²) in [4.78, 5) is 77.4. The predicted molar refractivity (Wildman–Crippen MR) is 126 cm³/mol. The zero-order valence-electron chi connectivity index (χ0n) is 19.9. The van der Waals surface area contributed by atoms with E-state index in [1.54, 1.807) is 0 Å². The molecule has 1 aliphatic heterocycles. The Bertz CT molecular complexity index is 876. The molecule has 1 aliphatic rings. The van der Waals surface area contributed by atoms with E-state index in [9.17, 15) is 33.9 Å². The van der Waals surface area contributed by atoms with Crippen LogP contribution in [0.15, 0.2) is 4.99 Å². The number of carboxylic acids is 1. The Labute approximate surface area is 207 Å². The number of aliphatic imine (C=N–C) groups is 1. The van der Waals surface area contributed by atoms with Gasteiger partial charge < -0.3 is 49.3 Å². The Balaban J connectivity index is 2.89. The quantitative estimate of drug-likeness (QED) is 0.0590. The minimum absolute atomic E-state index is 0.0437. The SMILES string of the molecule is NC(=O)CCC(N)C(=O)NC(CC(N)=O)C(=O)N1CCCC1C(=O)NC(CCCN=C(N)N)C(=O)O. The van der Waals surface area contributed by atoms with E-state index in [-0.39, 0.29) is 51.2 Å². The van der Waals surface area contributed by atoms with Crippen molar-refractivity contribution in [1.29, 1.82) is 0 Å². The van der Waals surface area contributed by atoms with Crippen molar-refractivity contribution in [2.45, 2.75) is 69.1 Å². The summed E-state index contributed by atoms with van der Waals surface area (Å²) in [6.07, 6.45) is 0.212. The molecule has 0 radical (unpaired) electrons. The maximum Gasteiger partial charge on any atom is 0.326 e. The first kappa shape index (κ1) is 30.1. The summed E-state index contributed by atoms with van der Waals surface area (Å²) in [5.41, 5.74) is 26.4. The van der Waals surface area contributed by atoms with E-state index in [0.717, 1.165) is 4.90 Å². The van der Waals surface area contributed by atoms with Crippen LogP contribution in [-0.4, -0.2) is 88.7 Å². The lowest BCUT2D eigenvalue weighted by molar-refractivity contribution is -0.145. The second kappa shape index (κ2) is 14.4. The summed E-state index contributed by atoms with van der Waals surface area (Å²) in [5, 5.41) is 14.2. The highest BCUT2D eigenvalue weighted by Crippen LogP contribution is 2.20. The maximum atomic E-state index is 13.2. The molecule has 0 aromatic heterocycles. The van der Waals surface area contributed by atoms with Crippen molar-refractivity contribution in [3.05, 3.63) is 0 Å². The van der Waals surface area contributed by atoms with Gasteiger partial charge >= 0.3 is 5.97 Å². The predicted octanol–water partition coefficient (Wildman–Crippen LogP) is -4.45. The van der Waals surface area contributed by atoms with Gasteiger partial charge in [-0.25, -0.2) is 4.79 Å². The van der Waals surface area contributed by atoms with Gasteiger partial charge in [0.1, 0.15) is 18.1 Å². The van der Waals surface area contributed by atoms with E-state index in [0.29, 0.717) is 6.42 Å². The fourth-order valence-corrected chi connectivity index (χ4v) is 3.64. The minimum atomic E-state index is -1.40. The van der Waals surface area contributed by atoms with E-state index in [1.165, 1.54) is 0 Å². The van der Waals surface area contributed by atoms with E-state index in [1.807, 2.05) is 0 Å². The molecular weight excluding hydrogens is 478 g/mol. The Morgan fingerprint density at radius 1 is 0.972 bits per heavy atom. The second-order valence-electron chi connectivity index (χ2n) is 8.38. The molecule has 0 aromatic rings. The van der Waals surface area contributed by atoms with Crippen LogP contribution in [0.2, 0.25) is 0 Å². The number of likely N-dealkylation sites (tertiary alicyclic amines) is 1. The molecule has 0 spiro atoms. The molecule has 0 bridgehead atoms. The number of nitrogens with two attached hydrogens (primary N) is 5. The zero-order valence-corrected chi connectivity index (χ0v) is 19.9. The molecule has 0 aromatic carbocycles. The van der Waals surface area contributed by atoms with Crippen LogP contribution in [0.25, 0.3) is 0 Å². The molecule has 13 N–H and O–H groups in total. The molecule has 1 rings (SSSR count). The lowest BCUT2D eigenvalue weighted by Crippen LogP contribution is -2.57. The van der Waals surface area contributed by atoms with Gasteiger partial charge in [-0.3, -0.25) is 29.0 Å². The maximum absolute atomic E-state index is 13.2. The van der Waals surface area contributed by atoms with Gasteiger partial charge in [0, 0.05) is 19.5 Å². The average molecular weight is 514 g/mol. The molecule has 16 nitrogen and oxygen atoms in total. The van der Waals surface area contributed by atoms with E-state index in [4.69, 9.17) is 28.7 Å². The van der Waals surface area contributed by atoms with Gasteiger partial charge in [0.05, 0.1) is 12.5 Å². The lowest BCUT2D eigenvalue weighted by atomic mass is 10.1. The molecular formula is C20H35N9O7. The number of guanidine groups is 1. The van der Waals surface area contributed by atoms with E-state index >= 15 is 0 Å². The van der Waals surface area contributed by atoms with Gasteiger partial charge in [0.15, 0.2) is 5.96 Å². The average Bonchev–Trinajstić information content (AvgIpc) is 3.27. The molecule has 4 unspecified atom stereocenters. The van der Waals surface area contributed by atoms with Crippen molar-refractivity contribution < 1.29 is 33.9 Å². The Morgan fingerprint density at radius 2 is 1.64 bits per heavy atom. The zero-order chi connectivity index (χ0) is 27.4. The first-order chi connectivity index (χ1) is 16.8. The number of primary amides is 2. The highest BCUT2D eigenvalue weighted by Gasteiger charge is 2.39. The van der Waals surface area contributed by atoms with Crippen LogP contribution >= 0.6 is 0 Å². The van der Waals surface area contributed by atoms with Gasteiger partial charge in [-0.15, -0.1) is 0 Å². The topological polar surface area (TPSA) is 292 Å². The smallest absolute Gasteiger partial charge is 0.326 e. The first-order valence-corrected chi connectivity index (χ1v) is 11.3. The summed E-state index contributed by atoms with van der Waals surface area (Å²) in [7, 11) is 0. The normalized spacial score (nSPS) is 17.4. The standard InChI is InChI=1S/C20H35N9O7/c21-10(5-6-14(22)30)16(32)28-12(9-15(23)31)18(34)29-8-2-4-13(29)17(33)27-11(19(35)36)3-1-7-26-20(24)25/h10-13H,1-9,21H2,(H2,22,30)(H2,23,31)(H,27,33)(H,28,32)(H,35,36)(H4,24,25,26). The van der Waals surface area contributed by atoms with Crippen molar-refractivity contribution in [2.24, 2.45) is 33.7 Å². The summed E-state index contributed by atoms with van der Waals surface area (Å²) in [6, 6.07) is -4.84. The van der Waals surface area contributed by atoms with Crippen molar-refractivity contribution >= 4 is 41.5 Å². The number of nitrogens with zero attached hydrogens (tertiary/aromatic N) is 2. The van der Waals surface area contributed by atoms with Crippen LogP contribution < -0.4 is 39.3 Å².